The highest BCUT2D eigenvalue weighted by atomic mass is 32.2. The van der Waals surface area contributed by atoms with E-state index in [1.54, 1.807) is 12.1 Å². The molecule has 1 fully saturated rings. The third-order valence-electron chi connectivity index (χ3n) is 9.30. The van der Waals surface area contributed by atoms with E-state index in [0.29, 0.717) is 18.8 Å². The molecule has 1 aliphatic heterocycles. The Morgan fingerprint density at radius 2 is 1.19 bits per heavy atom. The summed E-state index contributed by atoms with van der Waals surface area (Å²) in [5.74, 6) is 0.172. The first kappa shape index (κ1) is 35.4. The first-order valence-corrected chi connectivity index (χ1v) is 18.3. The maximum atomic E-state index is 14.4. The average Bonchev–Trinajstić information content (AvgIpc) is 3.48. The van der Waals surface area contributed by atoms with E-state index < -0.39 is 10.8 Å². The summed E-state index contributed by atoms with van der Waals surface area (Å²) in [6.45, 7) is 2.42. The normalized spacial score (nSPS) is 14.7. The number of benzene rings is 6. The maximum absolute atomic E-state index is 14.4. The lowest BCUT2D eigenvalue weighted by Crippen LogP contribution is -2.51. The fourth-order valence-electron chi connectivity index (χ4n) is 6.69. The van der Waals surface area contributed by atoms with Crippen molar-refractivity contribution in [3.63, 3.8) is 0 Å². The Balaban J connectivity index is 0.983. The van der Waals surface area contributed by atoms with Gasteiger partial charge in [-0.25, -0.2) is 4.39 Å². The number of oxime groups is 1. The summed E-state index contributed by atoms with van der Waals surface area (Å²) in [5.41, 5.74) is 5.86. The van der Waals surface area contributed by atoms with Crippen LogP contribution in [0.5, 0.6) is 5.75 Å². The van der Waals surface area contributed by atoms with Crippen LogP contribution >= 0.6 is 11.8 Å². The number of hydrogen-bond donors (Lipinski definition) is 0. The number of nitrogens with zero attached hydrogens (tertiary/aromatic N) is 2. The van der Waals surface area contributed by atoms with Crippen LogP contribution in [-0.2, 0) is 21.6 Å². The minimum Gasteiger partial charge on any atom is -0.490 e. The number of carbonyl (C=O) groups is 2. The molecule has 1 aliphatic rings. The molecule has 0 N–H and O–H groups in total. The quantitative estimate of drug-likeness (QED) is 0.0514. The number of hydrogen-bond acceptors (Lipinski definition) is 6. The van der Waals surface area contributed by atoms with Crippen LogP contribution in [0.15, 0.2) is 169 Å². The largest absolute Gasteiger partial charge is 0.490 e. The Morgan fingerprint density at radius 3 is 1.72 bits per heavy atom. The molecule has 0 aliphatic carbocycles. The number of rotatable bonds is 13. The van der Waals surface area contributed by atoms with E-state index >= 15 is 0 Å². The number of imide groups is 1. The van der Waals surface area contributed by atoms with Gasteiger partial charge in [0.2, 0.25) is 5.91 Å². The lowest BCUT2D eigenvalue weighted by atomic mass is 9.75. The van der Waals surface area contributed by atoms with Crippen LogP contribution < -0.4 is 4.74 Å². The average molecular weight is 721 g/mol. The molecule has 8 heteroatoms. The summed E-state index contributed by atoms with van der Waals surface area (Å²) in [5, 5.41) is 3.36. The van der Waals surface area contributed by atoms with Crippen LogP contribution in [0, 0.1) is 5.82 Å². The minimum atomic E-state index is -1.14. The number of halogens is 1. The minimum absolute atomic E-state index is 0.228. The molecule has 6 aromatic rings. The molecule has 1 atom stereocenters. The highest BCUT2D eigenvalue weighted by Crippen LogP contribution is 2.47. The maximum Gasteiger partial charge on any atom is 0.290 e. The highest BCUT2D eigenvalue weighted by molar-refractivity contribution is 8.15. The van der Waals surface area contributed by atoms with Gasteiger partial charge < -0.3 is 9.57 Å². The fraction of sp³-hybridized carbons (Fsp3) is 0.133. The van der Waals surface area contributed by atoms with Crippen molar-refractivity contribution in [1.29, 1.82) is 0 Å². The van der Waals surface area contributed by atoms with Crippen molar-refractivity contribution in [1.82, 2.24) is 4.90 Å². The smallest absolute Gasteiger partial charge is 0.290 e. The lowest BCUT2D eigenvalue weighted by Gasteiger charge is -2.42. The summed E-state index contributed by atoms with van der Waals surface area (Å²) in [6, 6.07) is 51.1. The first-order chi connectivity index (χ1) is 25.9. The SMILES string of the molecule is C/C(=N/OCCOc1ccc(CC2SC(=O)N(C(c3ccccc3)(c3ccccc3)c3ccccc3)C2=O)cc1)c1ccc(-c2ccc(F)cc2)cc1. The molecule has 0 aromatic heterocycles. The third kappa shape index (κ3) is 7.64. The Labute approximate surface area is 312 Å². The second-order valence-corrected chi connectivity index (χ2v) is 13.8. The van der Waals surface area contributed by atoms with Gasteiger partial charge in [0.15, 0.2) is 6.61 Å². The van der Waals surface area contributed by atoms with Crippen molar-refractivity contribution in [2.75, 3.05) is 13.2 Å². The third-order valence-corrected chi connectivity index (χ3v) is 10.3. The fourth-order valence-corrected chi connectivity index (χ4v) is 7.75. The molecule has 6 nitrogen and oxygen atoms in total. The van der Waals surface area contributed by atoms with Gasteiger partial charge in [-0.15, -0.1) is 0 Å². The molecule has 0 radical (unpaired) electrons. The monoisotopic (exact) mass is 720 g/mol. The lowest BCUT2D eigenvalue weighted by molar-refractivity contribution is -0.129. The molecule has 0 spiro atoms. The van der Waals surface area contributed by atoms with Crippen molar-refractivity contribution in [2.24, 2.45) is 5.16 Å². The Hall–Kier alpha value is -5.99. The van der Waals surface area contributed by atoms with Gasteiger partial charge in [-0.3, -0.25) is 14.5 Å². The number of carbonyl (C=O) groups excluding carboxylic acids is 2. The molecule has 0 saturated carbocycles. The van der Waals surface area contributed by atoms with Gasteiger partial charge in [0.1, 0.15) is 23.7 Å². The van der Waals surface area contributed by atoms with Gasteiger partial charge in [0, 0.05) is 0 Å². The van der Waals surface area contributed by atoms with E-state index in [9.17, 15) is 14.0 Å². The van der Waals surface area contributed by atoms with Gasteiger partial charge in [0.25, 0.3) is 5.24 Å². The molecular formula is C45H37FN2O4S. The first-order valence-electron chi connectivity index (χ1n) is 17.4. The summed E-state index contributed by atoms with van der Waals surface area (Å²) < 4.78 is 19.1. The molecule has 1 heterocycles. The van der Waals surface area contributed by atoms with Crippen molar-refractivity contribution < 1.29 is 23.6 Å². The van der Waals surface area contributed by atoms with Crippen LogP contribution in [-0.4, -0.2) is 40.2 Å². The molecule has 6 aromatic carbocycles. The molecule has 264 valence electrons. The van der Waals surface area contributed by atoms with E-state index in [1.807, 2.05) is 146 Å². The van der Waals surface area contributed by atoms with E-state index in [0.717, 1.165) is 56.4 Å². The standard InChI is InChI=1S/C45H37FN2O4S/c1-32(34-19-21-35(22-20-34)36-23-25-40(46)26-24-36)47-52-30-29-51-41-27-17-33(18-28-41)31-42-43(49)48(44(50)53-42)45(37-11-5-2-6-12-37,38-13-7-3-8-14-38)39-15-9-4-10-16-39/h2-28,42H,29-31H2,1H3/b47-32-. The van der Waals surface area contributed by atoms with E-state index in [4.69, 9.17) is 9.57 Å². The van der Waals surface area contributed by atoms with Crippen molar-refractivity contribution in [3.05, 3.63) is 197 Å². The number of amides is 2. The zero-order valence-electron chi connectivity index (χ0n) is 29.1. The van der Waals surface area contributed by atoms with Crippen LogP contribution in [0.3, 0.4) is 0 Å². The molecule has 0 bridgehead atoms. The topological polar surface area (TPSA) is 68.2 Å². The zero-order chi connectivity index (χ0) is 36.6. The van der Waals surface area contributed by atoms with Crippen molar-refractivity contribution in [2.45, 2.75) is 24.1 Å². The molecule has 53 heavy (non-hydrogen) atoms. The van der Waals surface area contributed by atoms with Gasteiger partial charge in [-0.2, -0.15) is 0 Å². The van der Waals surface area contributed by atoms with Crippen LogP contribution in [0.1, 0.15) is 34.7 Å². The molecule has 7 rings (SSSR count). The molecule has 1 unspecified atom stereocenters. The second-order valence-electron chi connectivity index (χ2n) is 12.6. The van der Waals surface area contributed by atoms with Crippen LogP contribution in [0.2, 0.25) is 0 Å². The van der Waals surface area contributed by atoms with Gasteiger partial charge >= 0.3 is 0 Å². The molecular weight excluding hydrogens is 684 g/mol. The van der Waals surface area contributed by atoms with E-state index in [2.05, 4.69) is 5.16 Å². The van der Waals surface area contributed by atoms with Gasteiger partial charge in [-0.05, 0) is 76.6 Å². The Kier molecular flexibility index (Phi) is 10.8. The second kappa shape index (κ2) is 16.1. The van der Waals surface area contributed by atoms with E-state index in [1.165, 1.54) is 17.0 Å². The van der Waals surface area contributed by atoms with Crippen molar-refractivity contribution >= 4 is 28.6 Å². The zero-order valence-corrected chi connectivity index (χ0v) is 29.9. The summed E-state index contributed by atoms with van der Waals surface area (Å²) in [4.78, 5) is 35.4. The van der Waals surface area contributed by atoms with Crippen LogP contribution in [0.4, 0.5) is 9.18 Å². The molecule has 2 amide bonds. The number of thioether (sulfide) groups is 1. The summed E-state index contributed by atoms with van der Waals surface area (Å²) in [6.07, 6.45) is 0.391. The van der Waals surface area contributed by atoms with Crippen LogP contribution in [0.25, 0.3) is 11.1 Å². The van der Waals surface area contributed by atoms with Gasteiger partial charge in [-0.1, -0.05) is 156 Å². The Bertz CT molecular complexity index is 2080. The predicted octanol–water partition coefficient (Wildman–Crippen LogP) is 9.91. The van der Waals surface area contributed by atoms with Crippen molar-refractivity contribution in [3.8, 4) is 16.9 Å². The molecule has 1 saturated heterocycles. The van der Waals surface area contributed by atoms with Gasteiger partial charge in [0.05, 0.1) is 11.0 Å². The predicted molar refractivity (Wildman–Crippen MR) is 208 cm³/mol. The highest BCUT2D eigenvalue weighted by Gasteiger charge is 2.53. The summed E-state index contributed by atoms with van der Waals surface area (Å²) >= 11 is 1.08. The Morgan fingerprint density at radius 1 is 0.679 bits per heavy atom. The number of ether oxygens (including phenoxy) is 1. The summed E-state index contributed by atoms with van der Waals surface area (Å²) in [7, 11) is 0. The van der Waals surface area contributed by atoms with E-state index in [-0.39, 0.29) is 23.6 Å².